The van der Waals surface area contributed by atoms with E-state index >= 15 is 0 Å². The van der Waals surface area contributed by atoms with E-state index in [2.05, 4.69) is 4.98 Å². The molecule has 1 fully saturated rings. The van der Waals surface area contributed by atoms with Crippen molar-refractivity contribution >= 4 is 6.03 Å². The lowest BCUT2D eigenvalue weighted by Gasteiger charge is -2.34. The number of rotatable bonds is 2. The van der Waals surface area contributed by atoms with Crippen LogP contribution in [0.15, 0.2) is 42.9 Å². The number of morpholine rings is 1. The van der Waals surface area contributed by atoms with Gasteiger partial charge in [-0.15, -0.1) is 0 Å². The second-order valence-electron chi connectivity index (χ2n) is 4.90. The van der Waals surface area contributed by atoms with Gasteiger partial charge in [0.25, 0.3) is 0 Å². The molecular formula is C15H18N4O2. The van der Waals surface area contributed by atoms with Gasteiger partial charge in [0.2, 0.25) is 0 Å². The SMILES string of the molecule is CN(C(=O)n1cnc(-c2ccccc2)c1)N1CCOCC1. The summed E-state index contributed by atoms with van der Waals surface area (Å²) in [6.07, 6.45) is 3.32. The molecule has 0 radical (unpaired) electrons. The van der Waals surface area contributed by atoms with E-state index in [0.29, 0.717) is 13.2 Å². The molecular weight excluding hydrogens is 268 g/mol. The van der Waals surface area contributed by atoms with Gasteiger partial charge in [0.15, 0.2) is 0 Å². The fourth-order valence-corrected chi connectivity index (χ4v) is 2.33. The maximum Gasteiger partial charge on any atom is 0.343 e. The molecule has 1 aromatic heterocycles. The molecule has 0 unspecified atom stereocenters. The van der Waals surface area contributed by atoms with Gasteiger partial charge in [0.05, 0.1) is 18.9 Å². The number of aromatic nitrogens is 2. The van der Waals surface area contributed by atoms with Crippen LogP contribution in [0.1, 0.15) is 0 Å². The van der Waals surface area contributed by atoms with Gasteiger partial charge >= 0.3 is 6.03 Å². The highest BCUT2D eigenvalue weighted by atomic mass is 16.5. The highest BCUT2D eigenvalue weighted by Crippen LogP contribution is 2.16. The first-order chi connectivity index (χ1) is 10.3. The van der Waals surface area contributed by atoms with Crippen LogP contribution in [-0.4, -0.2) is 59.0 Å². The van der Waals surface area contributed by atoms with E-state index in [0.717, 1.165) is 24.3 Å². The van der Waals surface area contributed by atoms with Crippen LogP contribution in [0.3, 0.4) is 0 Å². The molecule has 110 valence electrons. The van der Waals surface area contributed by atoms with Gasteiger partial charge in [-0.3, -0.25) is 9.58 Å². The molecule has 0 bridgehead atoms. The minimum atomic E-state index is -0.119. The van der Waals surface area contributed by atoms with Crippen LogP contribution in [-0.2, 0) is 4.74 Å². The van der Waals surface area contributed by atoms with Crippen LogP contribution in [0.5, 0.6) is 0 Å². The summed E-state index contributed by atoms with van der Waals surface area (Å²) in [5, 5.41) is 3.60. The second-order valence-corrected chi connectivity index (χ2v) is 4.90. The Morgan fingerprint density at radius 3 is 2.67 bits per heavy atom. The molecule has 2 heterocycles. The third kappa shape index (κ3) is 2.96. The van der Waals surface area contributed by atoms with Crippen molar-refractivity contribution in [3.8, 4) is 11.3 Å². The smallest absolute Gasteiger partial charge is 0.343 e. The maximum atomic E-state index is 12.5. The molecule has 2 aromatic rings. The standard InChI is InChI=1S/C15H18N4O2/c1-17(19-7-9-21-10-8-19)15(20)18-11-14(16-12-18)13-5-3-2-4-6-13/h2-6,11-12H,7-10H2,1H3. The Bertz CT molecular complexity index is 605. The predicted molar refractivity (Wildman–Crippen MR) is 78.6 cm³/mol. The van der Waals surface area contributed by atoms with E-state index in [1.807, 2.05) is 35.3 Å². The lowest BCUT2D eigenvalue weighted by Crippen LogP contribution is -2.50. The first-order valence-corrected chi connectivity index (χ1v) is 6.96. The van der Waals surface area contributed by atoms with E-state index < -0.39 is 0 Å². The Hall–Kier alpha value is -2.18. The first kappa shape index (κ1) is 13.8. The predicted octanol–water partition coefficient (Wildman–Crippen LogP) is 1.70. The summed E-state index contributed by atoms with van der Waals surface area (Å²) < 4.78 is 6.81. The van der Waals surface area contributed by atoms with Gasteiger partial charge in [-0.05, 0) is 0 Å². The lowest BCUT2D eigenvalue weighted by atomic mass is 10.2. The summed E-state index contributed by atoms with van der Waals surface area (Å²) in [6.45, 7) is 2.75. The topological polar surface area (TPSA) is 50.6 Å². The van der Waals surface area contributed by atoms with Crippen LogP contribution in [0, 0.1) is 0 Å². The molecule has 0 spiro atoms. The zero-order valence-corrected chi connectivity index (χ0v) is 12.0. The summed E-state index contributed by atoms with van der Waals surface area (Å²) in [5.74, 6) is 0. The van der Waals surface area contributed by atoms with Crippen LogP contribution in [0.2, 0.25) is 0 Å². The number of hydrogen-bond donors (Lipinski definition) is 0. The molecule has 0 aliphatic carbocycles. The molecule has 1 aliphatic rings. The Morgan fingerprint density at radius 1 is 1.24 bits per heavy atom. The zero-order valence-electron chi connectivity index (χ0n) is 12.0. The van der Waals surface area contributed by atoms with Crippen molar-refractivity contribution in [2.75, 3.05) is 33.4 Å². The maximum absolute atomic E-state index is 12.5. The quantitative estimate of drug-likeness (QED) is 0.843. The average Bonchev–Trinajstić information content (AvgIpc) is 3.05. The molecule has 0 saturated carbocycles. The number of carbonyl (C=O) groups is 1. The number of imidazole rings is 1. The molecule has 1 saturated heterocycles. The Morgan fingerprint density at radius 2 is 1.95 bits per heavy atom. The average molecular weight is 286 g/mol. The fourth-order valence-electron chi connectivity index (χ4n) is 2.33. The van der Waals surface area contributed by atoms with Crippen LogP contribution >= 0.6 is 0 Å². The number of benzene rings is 1. The van der Waals surface area contributed by atoms with E-state index in [-0.39, 0.29) is 6.03 Å². The number of carbonyl (C=O) groups excluding carboxylic acids is 1. The number of nitrogens with zero attached hydrogens (tertiary/aromatic N) is 4. The van der Waals surface area contributed by atoms with Crippen molar-refractivity contribution in [3.63, 3.8) is 0 Å². The molecule has 1 aromatic carbocycles. The van der Waals surface area contributed by atoms with Crippen molar-refractivity contribution in [1.82, 2.24) is 19.6 Å². The fraction of sp³-hybridized carbons (Fsp3) is 0.333. The second kappa shape index (κ2) is 6.07. The molecule has 1 amide bonds. The van der Waals surface area contributed by atoms with E-state index in [4.69, 9.17) is 4.74 Å². The number of hydrogen-bond acceptors (Lipinski definition) is 4. The molecule has 3 rings (SSSR count). The van der Waals surface area contributed by atoms with Crippen molar-refractivity contribution in [1.29, 1.82) is 0 Å². The summed E-state index contributed by atoms with van der Waals surface area (Å²) in [6, 6.07) is 9.70. The normalized spacial score (nSPS) is 15.9. The minimum Gasteiger partial charge on any atom is -0.379 e. The van der Waals surface area contributed by atoms with Crippen LogP contribution in [0.4, 0.5) is 4.79 Å². The zero-order chi connectivity index (χ0) is 14.7. The molecule has 1 aliphatic heterocycles. The third-order valence-electron chi connectivity index (χ3n) is 3.56. The molecule has 6 heteroatoms. The Labute approximate surface area is 123 Å². The van der Waals surface area contributed by atoms with Crippen molar-refractivity contribution in [2.45, 2.75) is 0 Å². The van der Waals surface area contributed by atoms with Crippen LogP contribution < -0.4 is 0 Å². The van der Waals surface area contributed by atoms with E-state index in [1.165, 1.54) is 4.57 Å². The van der Waals surface area contributed by atoms with Gasteiger partial charge < -0.3 is 4.74 Å². The number of hydrazine groups is 1. The third-order valence-corrected chi connectivity index (χ3v) is 3.56. The number of ether oxygens (including phenoxy) is 1. The first-order valence-electron chi connectivity index (χ1n) is 6.96. The molecule has 0 N–H and O–H groups in total. The van der Waals surface area contributed by atoms with Crippen molar-refractivity contribution in [2.24, 2.45) is 0 Å². The van der Waals surface area contributed by atoms with Gasteiger partial charge in [-0.25, -0.2) is 14.8 Å². The number of amides is 1. The minimum absolute atomic E-state index is 0.119. The molecule has 6 nitrogen and oxygen atoms in total. The van der Waals surface area contributed by atoms with Gasteiger partial charge in [0.1, 0.15) is 6.33 Å². The largest absolute Gasteiger partial charge is 0.379 e. The van der Waals surface area contributed by atoms with E-state index in [9.17, 15) is 4.79 Å². The summed E-state index contributed by atoms with van der Waals surface area (Å²) >= 11 is 0. The van der Waals surface area contributed by atoms with Gasteiger partial charge in [-0.2, -0.15) is 0 Å². The molecule has 21 heavy (non-hydrogen) atoms. The van der Waals surface area contributed by atoms with Crippen LogP contribution in [0.25, 0.3) is 11.3 Å². The Balaban J connectivity index is 1.74. The highest BCUT2D eigenvalue weighted by Gasteiger charge is 2.21. The van der Waals surface area contributed by atoms with Gasteiger partial charge in [0, 0.05) is 31.9 Å². The monoisotopic (exact) mass is 286 g/mol. The van der Waals surface area contributed by atoms with Crippen molar-refractivity contribution < 1.29 is 9.53 Å². The lowest BCUT2D eigenvalue weighted by molar-refractivity contribution is -0.0503. The summed E-state index contributed by atoms with van der Waals surface area (Å²) in [4.78, 5) is 16.8. The van der Waals surface area contributed by atoms with E-state index in [1.54, 1.807) is 24.6 Å². The summed E-state index contributed by atoms with van der Waals surface area (Å²) in [5.41, 5.74) is 1.79. The Kier molecular flexibility index (Phi) is 3.98. The summed E-state index contributed by atoms with van der Waals surface area (Å²) in [7, 11) is 1.77. The van der Waals surface area contributed by atoms with Crippen molar-refractivity contribution in [3.05, 3.63) is 42.9 Å². The molecule has 0 atom stereocenters. The highest BCUT2D eigenvalue weighted by molar-refractivity contribution is 5.77. The van der Waals surface area contributed by atoms with Gasteiger partial charge in [-0.1, -0.05) is 30.3 Å².